The van der Waals surface area contributed by atoms with Crippen LogP contribution in [0.3, 0.4) is 0 Å². The molecule has 0 unspecified atom stereocenters. The first-order chi connectivity index (χ1) is 11.5. The fourth-order valence-electron chi connectivity index (χ4n) is 1.98. The molecule has 0 aliphatic carbocycles. The molecule has 0 atom stereocenters. The van der Waals surface area contributed by atoms with E-state index >= 15 is 4.39 Å². The zero-order chi connectivity index (χ0) is 19.1. The predicted octanol–water partition coefficient (Wildman–Crippen LogP) is 5.99. The summed E-state index contributed by atoms with van der Waals surface area (Å²) < 4.78 is 32.4. The molecule has 0 heterocycles. The first kappa shape index (κ1) is 21.5. The number of benzene rings is 1. The van der Waals surface area contributed by atoms with Crippen molar-refractivity contribution in [3.05, 3.63) is 59.5 Å². The van der Waals surface area contributed by atoms with E-state index in [0.29, 0.717) is 13.0 Å². The molecule has 0 radical (unpaired) electrons. The highest BCUT2D eigenvalue weighted by Gasteiger charge is 2.27. The van der Waals surface area contributed by atoms with E-state index in [4.69, 9.17) is 13.6 Å². The van der Waals surface area contributed by atoms with Crippen molar-refractivity contribution in [1.29, 1.82) is 0 Å². The first-order valence-corrected chi connectivity index (χ1v) is 15.5. The summed E-state index contributed by atoms with van der Waals surface area (Å²) in [5, 5.41) is 0. The van der Waals surface area contributed by atoms with Crippen LogP contribution in [0.15, 0.2) is 53.9 Å². The van der Waals surface area contributed by atoms with E-state index in [1.165, 1.54) is 0 Å². The van der Waals surface area contributed by atoms with Gasteiger partial charge in [0, 0.05) is 0 Å². The molecule has 0 aromatic heterocycles. The molecule has 0 bridgehead atoms. The average molecular weight is 383 g/mol. The summed E-state index contributed by atoms with van der Waals surface area (Å²) in [6, 6.07) is 9.91. The Hall–Kier alpha value is -1.54. The summed E-state index contributed by atoms with van der Waals surface area (Å²) in [5.74, 6) is -0.397. The lowest BCUT2D eigenvalue weighted by atomic mass is 10.1. The molecule has 6 heteroatoms. The maximum atomic E-state index is 15.2. The summed E-state index contributed by atoms with van der Waals surface area (Å²) >= 11 is 0. The van der Waals surface area contributed by atoms with E-state index in [1.807, 2.05) is 76.5 Å². The molecule has 1 aromatic carbocycles. The lowest BCUT2D eigenvalue weighted by molar-refractivity contribution is 0.0984. The Bertz CT molecular complexity index is 599. The van der Waals surface area contributed by atoms with Crippen molar-refractivity contribution >= 4 is 16.6 Å². The number of allylic oxidation sites excluding steroid dienone is 2. The molecule has 3 nitrogen and oxygen atoms in total. The van der Waals surface area contributed by atoms with Crippen LogP contribution in [0.25, 0.3) is 0 Å². The van der Waals surface area contributed by atoms with Crippen molar-refractivity contribution in [3.63, 3.8) is 0 Å². The Morgan fingerprint density at radius 1 is 0.960 bits per heavy atom. The molecule has 0 aliphatic heterocycles. The third-order valence-electron chi connectivity index (χ3n) is 2.85. The maximum Gasteiger partial charge on any atom is 0.306 e. The van der Waals surface area contributed by atoms with Crippen LogP contribution < -0.4 is 0 Å². The highest BCUT2D eigenvalue weighted by molar-refractivity contribution is 6.70. The van der Waals surface area contributed by atoms with Crippen LogP contribution >= 0.6 is 0 Å². The van der Waals surface area contributed by atoms with E-state index in [2.05, 4.69) is 0 Å². The van der Waals surface area contributed by atoms with E-state index in [9.17, 15) is 0 Å². The van der Waals surface area contributed by atoms with Crippen molar-refractivity contribution in [3.8, 4) is 0 Å². The van der Waals surface area contributed by atoms with Gasteiger partial charge >= 0.3 is 5.95 Å². The molecule has 0 saturated heterocycles. The molecule has 0 fully saturated rings. The van der Waals surface area contributed by atoms with Crippen LogP contribution in [-0.4, -0.2) is 23.2 Å². The minimum Gasteiger partial charge on any atom is -0.542 e. The minimum atomic E-state index is -2.01. The van der Waals surface area contributed by atoms with Crippen molar-refractivity contribution in [2.45, 2.75) is 52.6 Å². The Labute approximate surface area is 153 Å². The van der Waals surface area contributed by atoms with Gasteiger partial charge in [0.05, 0.1) is 6.61 Å². The predicted molar refractivity (Wildman–Crippen MR) is 107 cm³/mol. The summed E-state index contributed by atoms with van der Waals surface area (Å²) in [4.78, 5) is 0. The van der Waals surface area contributed by atoms with Gasteiger partial charge in [0.2, 0.25) is 22.5 Å². The number of rotatable bonds is 9. The Morgan fingerprint density at radius 3 is 2.00 bits per heavy atom. The third-order valence-corrected chi connectivity index (χ3v) is 4.48. The standard InChI is InChI=1S/C19H31FO3Si2/c1-8-21-19(23-25(5,6)7)18(20)17(22-24(2,3)4)15-14-16-12-10-9-11-13-16/h9-13,15H,8,14H2,1-7H3/b17-15+,19-18+. The van der Waals surface area contributed by atoms with Gasteiger partial charge in [-0.25, -0.2) is 0 Å². The second-order valence-electron chi connectivity index (χ2n) is 7.72. The van der Waals surface area contributed by atoms with E-state index in [1.54, 1.807) is 6.08 Å². The monoisotopic (exact) mass is 382 g/mol. The summed E-state index contributed by atoms with van der Waals surface area (Å²) in [6.45, 7) is 14.2. The van der Waals surface area contributed by atoms with Crippen molar-refractivity contribution in [2.75, 3.05) is 6.61 Å². The molecule has 0 N–H and O–H groups in total. The highest BCUT2D eigenvalue weighted by Crippen LogP contribution is 2.26. The largest absolute Gasteiger partial charge is 0.542 e. The van der Waals surface area contributed by atoms with E-state index in [0.717, 1.165) is 5.56 Å². The lowest BCUT2D eigenvalue weighted by Crippen LogP contribution is -2.28. The smallest absolute Gasteiger partial charge is 0.306 e. The summed E-state index contributed by atoms with van der Waals surface area (Å²) in [7, 11) is -4.00. The molecule has 1 aromatic rings. The number of hydrogen-bond acceptors (Lipinski definition) is 3. The average Bonchev–Trinajstić information content (AvgIpc) is 2.49. The van der Waals surface area contributed by atoms with Gasteiger partial charge in [-0.2, -0.15) is 4.39 Å². The quantitative estimate of drug-likeness (QED) is 0.298. The molecule has 1 rings (SSSR count). The fraction of sp³-hybridized carbons (Fsp3) is 0.474. The van der Waals surface area contributed by atoms with Crippen LogP contribution in [0.5, 0.6) is 0 Å². The van der Waals surface area contributed by atoms with Crippen molar-refractivity contribution in [2.24, 2.45) is 0 Å². The second kappa shape index (κ2) is 9.24. The molecule has 0 saturated carbocycles. The van der Waals surface area contributed by atoms with Crippen LogP contribution in [0.4, 0.5) is 4.39 Å². The molecular formula is C19H31FO3Si2. The Kier molecular flexibility index (Phi) is 7.95. The third kappa shape index (κ3) is 8.93. The summed E-state index contributed by atoms with van der Waals surface area (Å²) in [6.07, 6.45) is 2.36. The van der Waals surface area contributed by atoms with Gasteiger partial charge < -0.3 is 13.6 Å². The van der Waals surface area contributed by atoms with Gasteiger partial charge in [-0.15, -0.1) is 0 Å². The van der Waals surface area contributed by atoms with Gasteiger partial charge in [0.15, 0.2) is 0 Å². The van der Waals surface area contributed by atoms with Gasteiger partial charge in [-0.1, -0.05) is 30.3 Å². The van der Waals surface area contributed by atoms with E-state index < -0.39 is 22.5 Å². The second-order valence-corrected chi connectivity index (χ2v) is 16.6. The first-order valence-electron chi connectivity index (χ1n) is 8.67. The summed E-state index contributed by atoms with van der Waals surface area (Å²) in [5.41, 5.74) is 1.09. The van der Waals surface area contributed by atoms with Gasteiger partial charge in [0.1, 0.15) is 5.76 Å². The number of hydrogen-bond donors (Lipinski definition) is 0. The van der Waals surface area contributed by atoms with Crippen molar-refractivity contribution in [1.82, 2.24) is 0 Å². The van der Waals surface area contributed by atoms with Crippen LogP contribution in [0.2, 0.25) is 39.3 Å². The van der Waals surface area contributed by atoms with E-state index in [-0.39, 0.29) is 11.7 Å². The molecule has 0 aliphatic rings. The molecule has 0 amide bonds. The molecule has 25 heavy (non-hydrogen) atoms. The SMILES string of the molecule is CCO/C(O[Si](C)(C)C)=C(F)/C(=C\Cc1ccccc1)O[Si](C)(C)C. The lowest BCUT2D eigenvalue weighted by Gasteiger charge is -2.25. The van der Waals surface area contributed by atoms with Crippen molar-refractivity contribution < 1.29 is 18.0 Å². The zero-order valence-electron chi connectivity index (χ0n) is 16.5. The maximum absolute atomic E-state index is 15.2. The normalized spacial score (nSPS) is 14.0. The number of ether oxygens (including phenoxy) is 1. The molecule has 0 spiro atoms. The van der Waals surface area contributed by atoms with Crippen LogP contribution in [-0.2, 0) is 20.0 Å². The highest BCUT2D eigenvalue weighted by atomic mass is 28.4. The zero-order valence-corrected chi connectivity index (χ0v) is 18.5. The fourth-order valence-corrected chi connectivity index (χ4v) is 3.52. The topological polar surface area (TPSA) is 27.7 Å². The van der Waals surface area contributed by atoms with Gasteiger partial charge in [-0.05, 0) is 64.3 Å². The Morgan fingerprint density at radius 2 is 1.52 bits per heavy atom. The molecular weight excluding hydrogens is 351 g/mol. The number of halogens is 1. The van der Waals surface area contributed by atoms with Gasteiger partial charge in [-0.3, -0.25) is 0 Å². The molecule has 140 valence electrons. The van der Waals surface area contributed by atoms with Gasteiger partial charge in [0.25, 0.3) is 0 Å². The minimum absolute atomic E-state index is 0.0563. The van der Waals surface area contributed by atoms with Crippen LogP contribution in [0.1, 0.15) is 12.5 Å². The Balaban J connectivity index is 3.20. The van der Waals surface area contributed by atoms with Crippen LogP contribution in [0, 0.1) is 0 Å².